The Labute approximate surface area is 77.4 Å². The summed E-state index contributed by atoms with van der Waals surface area (Å²) in [6.07, 6.45) is -3.78. The van der Waals surface area contributed by atoms with Crippen LogP contribution in [0.2, 0.25) is 0 Å². The van der Waals surface area contributed by atoms with Crippen LogP contribution in [0.4, 0.5) is 14.4 Å². The van der Waals surface area contributed by atoms with E-state index >= 15 is 0 Å². The predicted octanol–water partition coefficient (Wildman–Crippen LogP) is -1.74. The summed E-state index contributed by atoms with van der Waals surface area (Å²) < 4.78 is 12.3. The first kappa shape index (κ1) is 11.4. The molecule has 10 heteroatoms. The second-order valence-electron chi connectivity index (χ2n) is 1.45. The van der Waals surface area contributed by atoms with E-state index in [-0.39, 0.29) is 0 Å². The van der Waals surface area contributed by atoms with Gasteiger partial charge in [-0.2, -0.15) is 0 Å². The third-order valence-corrected chi connectivity index (χ3v) is 2.56. The van der Waals surface area contributed by atoms with Gasteiger partial charge < -0.3 is 0 Å². The van der Waals surface area contributed by atoms with Gasteiger partial charge in [-0.15, -0.1) is 0 Å². The average Bonchev–Trinajstić information content (AvgIpc) is 1.80. The molecule has 0 aromatic heterocycles. The molecule has 9 nitrogen and oxygen atoms in total. The number of amides is 3. The van der Waals surface area contributed by atoms with Gasteiger partial charge in [-0.3, -0.25) is 0 Å². The Bertz CT molecular complexity index is 193. The van der Waals surface area contributed by atoms with E-state index in [1.165, 1.54) is 0 Å². The fraction of sp³-hybridized carbons (Fsp3) is 0. The molecular weight excluding hydrogens is 249 g/mol. The van der Waals surface area contributed by atoms with Gasteiger partial charge in [-0.25, -0.2) is 0 Å². The van der Waals surface area contributed by atoms with Crippen LogP contribution in [-0.2, 0) is 11.2 Å². The molecule has 74 valence electrons. The molecule has 13 heavy (non-hydrogen) atoms. The fourth-order valence-electron chi connectivity index (χ4n) is 0.276. The number of carbonyl (C=O) groups excluding carboxylic acids is 3. The molecule has 0 aliphatic heterocycles. The van der Waals surface area contributed by atoms with Gasteiger partial charge in [0.2, 0.25) is 0 Å². The van der Waals surface area contributed by atoms with Crippen LogP contribution in [0.15, 0.2) is 0 Å². The van der Waals surface area contributed by atoms with Crippen molar-refractivity contribution in [2.24, 2.45) is 17.2 Å². The number of nitrogens with two attached hydrogens (primary N) is 3. The second-order valence-corrected chi connectivity index (χ2v) is 3.54. The summed E-state index contributed by atoms with van der Waals surface area (Å²) >= 11 is -3.40. The van der Waals surface area contributed by atoms with Gasteiger partial charge in [0.05, 0.1) is 0 Å². The van der Waals surface area contributed by atoms with Crippen LogP contribution in [0.3, 0.4) is 0 Å². The van der Waals surface area contributed by atoms with Crippen LogP contribution in [0.5, 0.6) is 0 Å². The van der Waals surface area contributed by atoms with E-state index in [2.05, 4.69) is 28.4 Å². The van der Waals surface area contributed by atoms with E-state index in [1.807, 2.05) is 0 Å². The standard InChI is InChI=1S/C3H6AsN3O6/c5-1(8)11-4(12-2(6)9)13-3(7)10/h(H2,5,8)(H2,6,9)(H2,7,10). The van der Waals surface area contributed by atoms with E-state index in [0.717, 1.165) is 0 Å². The number of primary amides is 3. The molecule has 0 rings (SSSR count). The van der Waals surface area contributed by atoms with Crippen molar-refractivity contribution in [3.05, 3.63) is 0 Å². The number of hydrogen-bond acceptors (Lipinski definition) is 6. The van der Waals surface area contributed by atoms with Crippen molar-refractivity contribution >= 4 is 34.0 Å². The Morgan fingerprint density at radius 2 is 1.00 bits per heavy atom. The maximum atomic E-state index is 10.1. The maximum absolute atomic E-state index is 10.1. The summed E-state index contributed by atoms with van der Waals surface area (Å²) in [7, 11) is 0. The monoisotopic (exact) mass is 255 g/mol. The molecule has 6 N–H and O–H groups in total. The Hall–Kier alpha value is -1.63. The van der Waals surface area contributed by atoms with Gasteiger partial charge in [-0.1, -0.05) is 0 Å². The van der Waals surface area contributed by atoms with Gasteiger partial charge in [0.1, 0.15) is 0 Å². The summed E-state index contributed by atoms with van der Waals surface area (Å²) in [4.78, 5) is 30.4. The van der Waals surface area contributed by atoms with Gasteiger partial charge in [0, 0.05) is 0 Å². The molecule has 0 bridgehead atoms. The molecule has 0 aromatic rings. The van der Waals surface area contributed by atoms with Crippen molar-refractivity contribution in [3.8, 4) is 0 Å². The number of carbonyl (C=O) groups is 3. The summed E-state index contributed by atoms with van der Waals surface area (Å²) in [6.45, 7) is 0. The van der Waals surface area contributed by atoms with Gasteiger partial charge in [0.15, 0.2) is 0 Å². The fourth-order valence-corrected chi connectivity index (χ4v) is 1.44. The SMILES string of the molecule is NC(=O)O[As](OC(N)=O)OC(N)=O. The van der Waals surface area contributed by atoms with E-state index < -0.39 is 34.0 Å². The number of rotatable bonds is 3. The van der Waals surface area contributed by atoms with Crippen molar-refractivity contribution in [1.29, 1.82) is 0 Å². The first-order valence-corrected chi connectivity index (χ1v) is 4.94. The summed E-state index contributed by atoms with van der Waals surface area (Å²) in [5, 5.41) is 0. The van der Waals surface area contributed by atoms with Gasteiger partial charge >= 0.3 is 76.7 Å². The van der Waals surface area contributed by atoms with Crippen molar-refractivity contribution in [2.75, 3.05) is 0 Å². The van der Waals surface area contributed by atoms with Crippen molar-refractivity contribution in [1.82, 2.24) is 0 Å². The molecule has 0 saturated heterocycles. The minimum atomic E-state index is -3.40. The van der Waals surface area contributed by atoms with Crippen LogP contribution in [0, 0.1) is 0 Å². The van der Waals surface area contributed by atoms with Crippen LogP contribution in [0.25, 0.3) is 0 Å². The van der Waals surface area contributed by atoms with E-state index in [9.17, 15) is 14.4 Å². The Morgan fingerprint density at radius 1 is 0.769 bits per heavy atom. The quantitative estimate of drug-likeness (QED) is 0.507. The Balaban J connectivity index is 4.10. The molecule has 0 saturated carbocycles. The molecule has 0 radical (unpaired) electrons. The predicted molar refractivity (Wildman–Crippen MR) is 37.8 cm³/mol. The van der Waals surface area contributed by atoms with Crippen LogP contribution < -0.4 is 17.2 Å². The zero-order valence-electron chi connectivity index (χ0n) is 6.13. The van der Waals surface area contributed by atoms with Crippen LogP contribution in [-0.4, -0.2) is 34.0 Å². The van der Waals surface area contributed by atoms with Crippen molar-refractivity contribution in [3.63, 3.8) is 0 Å². The molecule has 3 amide bonds. The molecular formula is C3H6AsN3O6. The summed E-state index contributed by atoms with van der Waals surface area (Å²) in [6, 6.07) is 0. The first-order valence-electron chi connectivity index (χ1n) is 2.64. The van der Waals surface area contributed by atoms with Crippen molar-refractivity contribution in [2.45, 2.75) is 0 Å². The third kappa shape index (κ3) is 6.75. The zero-order chi connectivity index (χ0) is 10.4. The molecule has 0 aromatic carbocycles. The third-order valence-electron chi connectivity index (χ3n) is 0.494. The number of hydrogen-bond donors (Lipinski definition) is 3. The zero-order valence-corrected chi connectivity index (χ0v) is 8.01. The van der Waals surface area contributed by atoms with E-state index in [4.69, 9.17) is 0 Å². The minimum absolute atomic E-state index is 1.26. The summed E-state index contributed by atoms with van der Waals surface area (Å²) in [5.74, 6) is 0. The Morgan fingerprint density at radius 3 is 1.15 bits per heavy atom. The molecule has 0 aliphatic carbocycles. The van der Waals surface area contributed by atoms with Gasteiger partial charge in [-0.05, 0) is 0 Å². The first-order chi connectivity index (χ1) is 5.91. The topological polar surface area (TPSA) is 157 Å². The van der Waals surface area contributed by atoms with Gasteiger partial charge in [0.25, 0.3) is 0 Å². The molecule has 0 spiro atoms. The average molecular weight is 255 g/mol. The second kappa shape index (κ2) is 5.09. The molecule has 0 atom stereocenters. The molecule has 0 fully saturated rings. The van der Waals surface area contributed by atoms with Crippen LogP contribution >= 0.6 is 0 Å². The molecule has 0 heterocycles. The summed E-state index contributed by atoms with van der Waals surface area (Å²) in [5.41, 5.74) is 13.7. The van der Waals surface area contributed by atoms with E-state index in [0.29, 0.717) is 0 Å². The van der Waals surface area contributed by atoms with Crippen LogP contribution in [0.1, 0.15) is 0 Å². The Kier molecular flexibility index (Phi) is 4.45. The van der Waals surface area contributed by atoms with E-state index in [1.54, 1.807) is 0 Å². The normalized spacial score (nSPS) is 9.00. The van der Waals surface area contributed by atoms with Crippen molar-refractivity contribution < 1.29 is 25.6 Å². The molecule has 0 aliphatic rings. The molecule has 0 unspecified atom stereocenters.